The molecule has 0 saturated carbocycles. The van der Waals surface area contributed by atoms with Crippen LogP contribution in [0, 0.1) is 0 Å². The molecular formula is C12H15NO3. The normalized spacial score (nSPS) is 10.9. The molecule has 0 aliphatic rings. The van der Waals surface area contributed by atoms with Crippen molar-refractivity contribution in [1.82, 2.24) is 5.32 Å². The molecule has 0 aromatic heterocycles. The first-order valence-corrected chi connectivity index (χ1v) is 5.00. The lowest BCUT2D eigenvalue weighted by molar-refractivity contribution is -0.145. The van der Waals surface area contributed by atoms with Gasteiger partial charge in [0.15, 0.2) is 0 Å². The number of amides is 1. The number of nitrogens with one attached hydrogen (secondary N) is 1. The van der Waals surface area contributed by atoms with E-state index in [9.17, 15) is 9.59 Å². The predicted octanol–water partition coefficient (Wildman–Crippen LogP) is 1.21. The van der Waals surface area contributed by atoms with Crippen LogP contribution in [0.5, 0.6) is 0 Å². The third kappa shape index (κ3) is 3.38. The Morgan fingerprint density at radius 1 is 1.25 bits per heavy atom. The molecule has 4 heteroatoms. The predicted molar refractivity (Wildman–Crippen MR) is 60.0 cm³/mol. The summed E-state index contributed by atoms with van der Waals surface area (Å²) in [5, 5.41) is 11.3. The van der Waals surface area contributed by atoms with E-state index in [2.05, 4.69) is 5.32 Å². The van der Waals surface area contributed by atoms with Crippen molar-refractivity contribution in [2.45, 2.75) is 25.8 Å². The van der Waals surface area contributed by atoms with Crippen LogP contribution in [0.2, 0.25) is 0 Å². The first-order chi connectivity index (χ1) is 7.42. The van der Waals surface area contributed by atoms with Gasteiger partial charge in [-0.15, -0.1) is 0 Å². The molecule has 1 aromatic carbocycles. The minimum atomic E-state index is -1.23. The maximum absolute atomic E-state index is 11.6. The van der Waals surface area contributed by atoms with Crippen LogP contribution in [0.15, 0.2) is 30.3 Å². The summed E-state index contributed by atoms with van der Waals surface area (Å²) in [4.78, 5) is 22.4. The van der Waals surface area contributed by atoms with Crippen LogP contribution in [0.3, 0.4) is 0 Å². The van der Waals surface area contributed by atoms with E-state index in [1.807, 2.05) is 30.3 Å². The summed E-state index contributed by atoms with van der Waals surface area (Å²) in [7, 11) is 0. The molecule has 1 rings (SSSR count). The molecule has 2 N–H and O–H groups in total. The van der Waals surface area contributed by atoms with Crippen molar-refractivity contribution in [1.29, 1.82) is 0 Å². The first kappa shape index (κ1) is 12.2. The number of benzene rings is 1. The summed E-state index contributed by atoms with van der Waals surface area (Å²) in [6, 6.07) is 9.19. The van der Waals surface area contributed by atoms with Crippen molar-refractivity contribution >= 4 is 11.9 Å². The Hall–Kier alpha value is -1.84. The number of carboxylic acid groups (broad SMARTS) is 1. The summed E-state index contributed by atoms with van der Waals surface area (Å²) < 4.78 is 0. The summed E-state index contributed by atoms with van der Waals surface area (Å²) in [6.45, 7) is 2.91. The smallest absolute Gasteiger partial charge is 0.328 e. The Kier molecular flexibility index (Phi) is 3.66. The van der Waals surface area contributed by atoms with Crippen LogP contribution < -0.4 is 5.32 Å². The highest BCUT2D eigenvalue weighted by atomic mass is 16.4. The molecule has 0 saturated heterocycles. The van der Waals surface area contributed by atoms with E-state index < -0.39 is 11.5 Å². The first-order valence-electron chi connectivity index (χ1n) is 5.00. The molecule has 0 aliphatic heterocycles. The summed E-state index contributed by atoms with van der Waals surface area (Å²) in [5.41, 5.74) is -0.368. The topological polar surface area (TPSA) is 66.4 Å². The van der Waals surface area contributed by atoms with Crippen molar-refractivity contribution in [3.05, 3.63) is 35.9 Å². The number of rotatable bonds is 4. The van der Waals surface area contributed by atoms with Gasteiger partial charge in [-0.2, -0.15) is 0 Å². The van der Waals surface area contributed by atoms with Crippen LogP contribution in [-0.4, -0.2) is 22.5 Å². The van der Waals surface area contributed by atoms with Gasteiger partial charge in [-0.25, -0.2) is 4.79 Å². The van der Waals surface area contributed by atoms with Gasteiger partial charge < -0.3 is 10.4 Å². The number of carbonyl (C=O) groups excluding carboxylic acids is 1. The molecule has 0 bridgehead atoms. The Bertz CT molecular complexity index is 385. The summed E-state index contributed by atoms with van der Waals surface area (Å²) >= 11 is 0. The van der Waals surface area contributed by atoms with Crippen LogP contribution in [-0.2, 0) is 16.0 Å². The monoisotopic (exact) mass is 221 g/mol. The second-order valence-electron chi connectivity index (χ2n) is 4.14. The SMILES string of the molecule is CC(C)(NC(=O)Cc1ccccc1)C(=O)O. The lowest BCUT2D eigenvalue weighted by Crippen LogP contribution is -2.50. The third-order valence-electron chi connectivity index (χ3n) is 2.19. The lowest BCUT2D eigenvalue weighted by atomic mass is 10.1. The Morgan fingerprint density at radius 2 is 1.81 bits per heavy atom. The molecular weight excluding hydrogens is 206 g/mol. The van der Waals surface area contributed by atoms with Crippen LogP contribution in [0.4, 0.5) is 0 Å². The van der Waals surface area contributed by atoms with Gasteiger partial charge in [-0.3, -0.25) is 4.79 Å². The highest BCUT2D eigenvalue weighted by Gasteiger charge is 2.28. The summed E-state index contributed by atoms with van der Waals surface area (Å²) in [5.74, 6) is -1.34. The second kappa shape index (κ2) is 4.79. The molecule has 0 spiro atoms. The van der Waals surface area contributed by atoms with E-state index in [0.717, 1.165) is 5.56 Å². The van der Waals surface area contributed by atoms with Gasteiger partial charge >= 0.3 is 5.97 Å². The van der Waals surface area contributed by atoms with Crippen LogP contribution in [0.25, 0.3) is 0 Å². The molecule has 1 amide bonds. The Labute approximate surface area is 94.3 Å². The van der Waals surface area contributed by atoms with Gasteiger partial charge in [0.2, 0.25) is 5.91 Å². The second-order valence-corrected chi connectivity index (χ2v) is 4.14. The number of aliphatic carboxylic acids is 1. The third-order valence-corrected chi connectivity index (χ3v) is 2.19. The fraction of sp³-hybridized carbons (Fsp3) is 0.333. The van der Waals surface area contributed by atoms with E-state index in [1.54, 1.807) is 0 Å². The quantitative estimate of drug-likeness (QED) is 0.803. The molecule has 0 aliphatic carbocycles. The molecule has 0 fully saturated rings. The zero-order valence-electron chi connectivity index (χ0n) is 9.36. The fourth-order valence-corrected chi connectivity index (χ4v) is 1.23. The van der Waals surface area contributed by atoms with Crippen LogP contribution in [0.1, 0.15) is 19.4 Å². The maximum atomic E-state index is 11.6. The van der Waals surface area contributed by atoms with Crippen LogP contribution >= 0.6 is 0 Å². The molecule has 16 heavy (non-hydrogen) atoms. The van der Waals surface area contributed by atoms with E-state index in [0.29, 0.717) is 0 Å². The zero-order valence-corrected chi connectivity index (χ0v) is 9.36. The van der Waals surface area contributed by atoms with Gasteiger partial charge in [-0.1, -0.05) is 30.3 Å². The largest absolute Gasteiger partial charge is 0.480 e. The van der Waals surface area contributed by atoms with Crippen molar-refractivity contribution in [2.24, 2.45) is 0 Å². The minimum Gasteiger partial charge on any atom is -0.480 e. The molecule has 0 radical (unpaired) electrons. The Balaban J connectivity index is 2.58. The zero-order chi connectivity index (χ0) is 12.2. The number of hydrogen-bond donors (Lipinski definition) is 2. The average Bonchev–Trinajstić information content (AvgIpc) is 2.17. The summed E-state index contributed by atoms with van der Waals surface area (Å²) in [6.07, 6.45) is 0.192. The van der Waals surface area contributed by atoms with Gasteiger partial charge in [0.1, 0.15) is 5.54 Å². The Morgan fingerprint density at radius 3 is 2.31 bits per heavy atom. The van der Waals surface area contributed by atoms with E-state index in [-0.39, 0.29) is 12.3 Å². The maximum Gasteiger partial charge on any atom is 0.328 e. The molecule has 1 aromatic rings. The minimum absolute atomic E-state index is 0.192. The van der Waals surface area contributed by atoms with Gasteiger partial charge in [-0.05, 0) is 19.4 Å². The van der Waals surface area contributed by atoms with Crippen molar-refractivity contribution < 1.29 is 14.7 Å². The number of carbonyl (C=O) groups is 2. The highest BCUT2D eigenvalue weighted by molar-refractivity contribution is 5.87. The van der Waals surface area contributed by atoms with Gasteiger partial charge in [0.25, 0.3) is 0 Å². The number of hydrogen-bond acceptors (Lipinski definition) is 2. The highest BCUT2D eigenvalue weighted by Crippen LogP contribution is 2.04. The van der Waals surface area contributed by atoms with E-state index in [4.69, 9.17) is 5.11 Å². The van der Waals surface area contributed by atoms with Crippen molar-refractivity contribution in [3.8, 4) is 0 Å². The molecule has 0 unspecified atom stereocenters. The molecule has 0 atom stereocenters. The van der Waals surface area contributed by atoms with E-state index >= 15 is 0 Å². The van der Waals surface area contributed by atoms with Crippen molar-refractivity contribution in [2.75, 3.05) is 0 Å². The van der Waals surface area contributed by atoms with Gasteiger partial charge in [0, 0.05) is 0 Å². The average molecular weight is 221 g/mol. The fourth-order valence-electron chi connectivity index (χ4n) is 1.23. The molecule has 4 nitrogen and oxygen atoms in total. The van der Waals surface area contributed by atoms with Crippen molar-refractivity contribution in [3.63, 3.8) is 0 Å². The number of carboxylic acids is 1. The standard InChI is InChI=1S/C12H15NO3/c1-12(2,11(15)16)13-10(14)8-9-6-4-3-5-7-9/h3-7H,8H2,1-2H3,(H,13,14)(H,15,16). The van der Waals surface area contributed by atoms with E-state index in [1.165, 1.54) is 13.8 Å². The molecule has 0 heterocycles. The molecule has 86 valence electrons. The lowest BCUT2D eigenvalue weighted by Gasteiger charge is -2.20. The van der Waals surface area contributed by atoms with Gasteiger partial charge in [0.05, 0.1) is 6.42 Å².